The molecule has 7 heteroatoms. The standard InChI is InChI=1S/C17H17N3O3S/c1-9(13-8-11-6-4-5-7-12(11)23-13)18-15(21)14-10(2)19-17(22)20-16(14)24-3/h4-9H,1-3H3,(H,18,21)(H,19,20,22)/t9-/m1/s1. The van der Waals surface area contributed by atoms with E-state index in [0.29, 0.717) is 22.0 Å². The van der Waals surface area contributed by atoms with E-state index in [4.69, 9.17) is 4.42 Å². The predicted octanol–water partition coefficient (Wildman–Crippen LogP) is 3.04. The highest BCUT2D eigenvalue weighted by molar-refractivity contribution is 7.98. The van der Waals surface area contributed by atoms with Gasteiger partial charge in [0.25, 0.3) is 5.91 Å². The lowest BCUT2D eigenvalue weighted by Crippen LogP contribution is -2.29. The van der Waals surface area contributed by atoms with Crippen LogP contribution in [0.2, 0.25) is 0 Å². The van der Waals surface area contributed by atoms with Gasteiger partial charge in [0.05, 0.1) is 11.6 Å². The molecule has 0 spiro atoms. The number of nitrogens with one attached hydrogen (secondary N) is 2. The maximum atomic E-state index is 12.6. The van der Waals surface area contributed by atoms with E-state index in [1.165, 1.54) is 11.8 Å². The number of rotatable bonds is 4. The summed E-state index contributed by atoms with van der Waals surface area (Å²) in [5, 5.41) is 4.29. The number of hydrogen-bond donors (Lipinski definition) is 2. The monoisotopic (exact) mass is 343 g/mol. The number of carbonyl (C=O) groups is 1. The number of thioether (sulfide) groups is 1. The van der Waals surface area contributed by atoms with E-state index in [-0.39, 0.29) is 11.9 Å². The first-order valence-electron chi connectivity index (χ1n) is 7.44. The van der Waals surface area contributed by atoms with Gasteiger partial charge in [0.1, 0.15) is 16.4 Å². The second-order valence-corrected chi connectivity index (χ2v) is 6.23. The molecule has 3 rings (SSSR count). The van der Waals surface area contributed by atoms with Crippen molar-refractivity contribution in [2.45, 2.75) is 24.9 Å². The molecule has 0 aliphatic rings. The Labute approximate surface area is 142 Å². The van der Waals surface area contributed by atoms with Crippen molar-refractivity contribution >= 4 is 28.6 Å². The summed E-state index contributed by atoms with van der Waals surface area (Å²) >= 11 is 1.26. The molecule has 1 amide bonds. The smallest absolute Gasteiger partial charge is 0.346 e. The fraction of sp³-hybridized carbons (Fsp3) is 0.235. The zero-order valence-corrected chi connectivity index (χ0v) is 14.4. The van der Waals surface area contributed by atoms with Gasteiger partial charge >= 0.3 is 5.69 Å². The zero-order valence-electron chi connectivity index (χ0n) is 13.5. The Morgan fingerprint density at radius 2 is 2.12 bits per heavy atom. The normalized spacial score (nSPS) is 12.3. The van der Waals surface area contributed by atoms with Crippen molar-refractivity contribution in [3.8, 4) is 0 Å². The van der Waals surface area contributed by atoms with Crippen LogP contribution in [0.4, 0.5) is 0 Å². The largest absolute Gasteiger partial charge is 0.459 e. The number of furan rings is 1. The van der Waals surface area contributed by atoms with Crippen molar-refractivity contribution in [3.63, 3.8) is 0 Å². The lowest BCUT2D eigenvalue weighted by atomic mass is 10.2. The van der Waals surface area contributed by atoms with Gasteiger partial charge in [-0.2, -0.15) is 4.98 Å². The molecule has 6 nitrogen and oxygen atoms in total. The lowest BCUT2D eigenvalue weighted by molar-refractivity contribution is 0.0930. The number of hydrogen-bond acceptors (Lipinski definition) is 5. The Bertz CT molecular complexity index is 928. The molecule has 0 radical (unpaired) electrons. The molecule has 0 unspecified atom stereocenters. The summed E-state index contributed by atoms with van der Waals surface area (Å²) < 4.78 is 5.78. The SMILES string of the molecule is CSc1nc(=O)[nH]c(C)c1C(=O)N[C@H](C)c1cc2ccccc2o1. The van der Waals surface area contributed by atoms with Crippen LogP contribution < -0.4 is 11.0 Å². The van der Waals surface area contributed by atoms with Crippen molar-refractivity contribution in [3.05, 3.63) is 57.8 Å². The Morgan fingerprint density at radius 1 is 1.38 bits per heavy atom. The van der Waals surface area contributed by atoms with E-state index < -0.39 is 5.69 Å². The number of fused-ring (bicyclic) bond motifs is 1. The van der Waals surface area contributed by atoms with Crippen molar-refractivity contribution < 1.29 is 9.21 Å². The summed E-state index contributed by atoms with van der Waals surface area (Å²) in [6.07, 6.45) is 1.78. The third-order valence-corrected chi connectivity index (χ3v) is 4.41. The summed E-state index contributed by atoms with van der Waals surface area (Å²) in [7, 11) is 0. The number of aryl methyl sites for hydroxylation is 1. The number of amides is 1. The van der Waals surface area contributed by atoms with Crippen LogP contribution in [0, 0.1) is 6.92 Å². The predicted molar refractivity (Wildman–Crippen MR) is 93.5 cm³/mol. The molecule has 1 atom stereocenters. The average molecular weight is 343 g/mol. The van der Waals surface area contributed by atoms with Gasteiger partial charge in [0, 0.05) is 11.1 Å². The van der Waals surface area contributed by atoms with Gasteiger partial charge in [0.2, 0.25) is 0 Å². The zero-order chi connectivity index (χ0) is 17.3. The molecule has 24 heavy (non-hydrogen) atoms. The number of nitrogens with zero attached hydrogens (tertiary/aromatic N) is 1. The molecule has 1 aromatic carbocycles. The second kappa shape index (κ2) is 6.52. The van der Waals surface area contributed by atoms with Crippen LogP contribution in [0.3, 0.4) is 0 Å². The molecular weight excluding hydrogens is 326 g/mol. The van der Waals surface area contributed by atoms with Gasteiger partial charge in [-0.05, 0) is 32.2 Å². The summed E-state index contributed by atoms with van der Waals surface area (Å²) in [6.45, 7) is 3.53. The number of aromatic amines is 1. The average Bonchev–Trinajstić information content (AvgIpc) is 2.98. The van der Waals surface area contributed by atoms with Gasteiger partial charge in [-0.1, -0.05) is 18.2 Å². The highest BCUT2D eigenvalue weighted by atomic mass is 32.2. The summed E-state index contributed by atoms with van der Waals surface area (Å²) in [5.74, 6) is 0.374. The van der Waals surface area contributed by atoms with E-state index in [0.717, 1.165) is 11.0 Å². The van der Waals surface area contributed by atoms with Crippen molar-refractivity contribution in [1.29, 1.82) is 0 Å². The lowest BCUT2D eigenvalue weighted by Gasteiger charge is -2.14. The van der Waals surface area contributed by atoms with Crippen LogP contribution in [0.25, 0.3) is 11.0 Å². The van der Waals surface area contributed by atoms with Crippen LogP contribution in [0.1, 0.15) is 34.8 Å². The first-order chi connectivity index (χ1) is 11.5. The van der Waals surface area contributed by atoms with Gasteiger partial charge < -0.3 is 14.7 Å². The molecule has 0 bridgehead atoms. The molecule has 2 N–H and O–H groups in total. The quantitative estimate of drug-likeness (QED) is 0.561. The van der Waals surface area contributed by atoms with Crippen molar-refractivity contribution in [2.75, 3.05) is 6.26 Å². The first-order valence-corrected chi connectivity index (χ1v) is 8.66. The number of benzene rings is 1. The van der Waals surface area contributed by atoms with E-state index in [2.05, 4.69) is 15.3 Å². The molecule has 0 fully saturated rings. The molecule has 124 valence electrons. The topological polar surface area (TPSA) is 88.0 Å². The molecule has 0 saturated heterocycles. The van der Waals surface area contributed by atoms with Crippen LogP contribution in [-0.4, -0.2) is 22.1 Å². The van der Waals surface area contributed by atoms with Crippen molar-refractivity contribution in [1.82, 2.24) is 15.3 Å². The molecule has 0 saturated carbocycles. The molecule has 0 aliphatic carbocycles. The van der Waals surface area contributed by atoms with E-state index in [9.17, 15) is 9.59 Å². The molecule has 3 aromatic rings. The summed E-state index contributed by atoms with van der Waals surface area (Å²) in [5.41, 5.74) is 1.19. The minimum atomic E-state index is -0.460. The summed E-state index contributed by atoms with van der Waals surface area (Å²) in [4.78, 5) is 30.5. The molecule has 2 aromatic heterocycles. The van der Waals surface area contributed by atoms with E-state index >= 15 is 0 Å². The van der Waals surface area contributed by atoms with E-state index in [1.807, 2.05) is 37.3 Å². The van der Waals surface area contributed by atoms with Gasteiger partial charge in [-0.3, -0.25) is 4.79 Å². The van der Waals surface area contributed by atoms with Crippen LogP contribution in [-0.2, 0) is 0 Å². The van der Waals surface area contributed by atoms with Gasteiger partial charge in [0.15, 0.2) is 0 Å². The van der Waals surface area contributed by atoms with Gasteiger partial charge in [-0.25, -0.2) is 4.79 Å². The fourth-order valence-corrected chi connectivity index (χ4v) is 3.15. The molecule has 0 aliphatic heterocycles. The minimum Gasteiger partial charge on any atom is -0.459 e. The Balaban J connectivity index is 1.88. The third kappa shape index (κ3) is 3.07. The van der Waals surface area contributed by atoms with E-state index in [1.54, 1.807) is 13.2 Å². The maximum absolute atomic E-state index is 12.6. The summed E-state index contributed by atoms with van der Waals surface area (Å²) in [6, 6.07) is 9.27. The Morgan fingerprint density at radius 3 is 2.83 bits per heavy atom. The Hall–Kier alpha value is -2.54. The number of H-pyrrole nitrogens is 1. The fourth-order valence-electron chi connectivity index (χ4n) is 2.53. The third-order valence-electron chi connectivity index (χ3n) is 3.73. The van der Waals surface area contributed by atoms with Gasteiger partial charge in [-0.15, -0.1) is 11.8 Å². The van der Waals surface area contributed by atoms with Crippen LogP contribution in [0.15, 0.2) is 44.6 Å². The van der Waals surface area contributed by atoms with Crippen LogP contribution in [0.5, 0.6) is 0 Å². The molecule has 2 heterocycles. The Kier molecular flexibility index (Phi) is 4.44. The molecular formula is C17H17N3O3S. The highest BCUT2D eigenvalue weighted by Crippen LogP contribution is 2.24. The van der Waals surface area contributed by atoms with Crippen molar-refractivity contribution in [2.24, 2.45) is 0 Å². The maximum Gasteiger partial charge on any atom is 0.346 e. The number of aromatic nitrogens is 2. The van der Waals surface area contributed by atoms with Crippen LogP contribution >= 0.6 is 11.8 Å². The first kappa shape index (κ1) is 16.3. The highest BCUT2D eigenvalue weighted by Gasteiger charge is 2.20. The second-order valence-electron chi connectivity index (χ2n) is 5.43. The number of carbonyl (C=O) groups excluding carboxylic acids is 1. The number of para-hydroxylation sites is 1. The minimum absolute atomic E-state index is 0.298.